The van der Waals surface area contributed by atoms with Gasteiger partial charge in [0.15, 0.2) is 0 Å². The first kappa shape index (κ1) is 12.0. The van der Waals surface area contributed by atoms with Gasteiger partial charge in [0.05, 0.1) is 0 Å². The summed E-state index contributed by atoms with van der Waals surface area (Å²) in [6.45, 7) is 4.62. The predicted octanol–water partition coefficient (Wildman–Crippen LogP) is 1.71. The van der Waals surface area contributed by atoms with Gasteiger partial charge in [-0.05, 0) is 45.4 Å². The van der Waals surface area contributed by atoms with Crippen molar-refractivity contribution in [3.05, 3.63) is 12.2 Å². The zero-order valence-corrected chi connectivity index (χ0v) is 9.76. The maximum atomic E-state index is 5.53. The van der Waals surface area contributed by atoms with Crippen LogP contribution in [0.1, 0.15) is 12.8 Å². The summed E-state index contributed by atoms with van der Waals surface area (Å²) in [6.07, 6.45) is 6.76. The molecule has 1 heterocycles. The number of hydrogen-bond donors (Lipinski definition) is 1. The van der Waals surface area contributed by atoms with Crippen molar-refractivity contribution >= 4 is 11.6 Å². The van der Waals surface area contributed by atoms with Gasteiger partial charge in [-0.1, -0.05) is 12.2 Å². The molecule has 2 nitrogen and oxygen atoms in total. The minimum absolute atomic E-state index is 0.621. The van der Waals surface area contributed by atoms with Crippen molar-refractivity contribution in [2.45, 2.75) is 12.8 Å². The largest absolute Gasteiger partial charge is 0.313 e. The molecule has 0 aliphatic carbocycles. The van der Waals surface area contributed by atoms with Gasteiger partial charge in [0, 0.05) is 12.4 Å². The summed E-state index contributed by atoms with van der Waals surface area (Å²) < 4.78 is 0. The number of piperidine rings is 1. The van der Waals surface area contributed by atoms with Gasteiger partial charge in [0.25, 0.3) is 0 Å². The van der Waals surface area contributed by atoms with E-state index >= 15 is 0 Å². The highest BCUT2D eigenvalue weighted by molar-refractivity contribution is 6.18. The van der Waals surface area contributed by atoms with E-state index in [2.05, 4.69) is 23.3 Å². The lowest BCUT2D eigenvalue weighted by Crippen LogP contribution is -2.35. The van der Waals surface area contributed by atoms with Crippen molar-refractivity contribution in [2.75, 3.05) is 39.1 Å². The Hall–Kier alpha value is -0.0500. The molecular weight excluding hydrogens is 196 g/mol. The predicted molar refractivity (Wildman–Crippen MR) is 63.0 cm³/mol. The Bertz CT molecular complexity index is 163. The molecule has 82 valence electrons. The quantitative estimate of drug-likeness (QED) is 0.428. The molecule has 0 spiro atoms. The van der Waals surface area contributed by atoms with Gasteiger partial charge in [0.1, 0.15) is 0 Å². The Labute approximate surface area is 92.3 Å². The Kier molecular flexibility index (Phi) is 6.24. The Balaban J connectivity index is 1.99. The zero-order chi connectivity index (χ0) is 10.2. The molecule has 0 aromatic carbocycles. The van der Waals surface area contributed by atoms with E-state index < -0.39 is 0 Å². The van der Waals surface area contributed by atoms with E-state index in [9.17, 15) is 0 Å². The van der Waals surface area contributed by atoms with Crippen LogP contribution in [0.3, 0.4) is 0 Å². The Morgan fingerprint density at radius 3 is 2.71 bits per heavy atom. The smallest absolute Gasteiger partial charge is 0.0404 e. The molecule has 0 saturated carbocycles. The molecule has 0 bridgehead atoms. The second-order valence-electron chi connectivity index (χ2n) is 4.03. The first-order valence-corrected chi connectivity index (χ1v) is 5.96. The Morgan fingerprint density at radius 2 is 2.07 bits per heavy atom. The third-order valence-corrected chi connectivity index (χ3v) is 2.97. The Morgan fingerprint density at radius 1 is 1.36 bits per heavy atom. The molecule has 0 atom stereocenters. The van der Waals surface area contributed by atoms with Crippen LogP contribution in [-0.4, -0.2) is 44.0 Å². The number of alkyl halides is 1. The number of nitrogens with zero attached hydrogens (tertiary/aromatic N) is 1. The van der Waals surface area contributed by atoms with Crippen LogP contribution >= 0.6 is 11.6 Å². The normalized spacial score (nSPS) is 20.7. The molecule has 1 aliphatic rings. The average molecular weight is 217 g/mol. The highest BCUT2D eigenvalue weighted by Crippen LogP contribution is 2.14. The molecule has 1 saturated heterocycles. The van der Waals surface area contributed by atoms with Crippen LogP contribution in [0.2, 0.25) is 0 Å². The lowest BCUT2D eigenvalue weighted by atomic mass is 9.97. The molecule has 0 aromatic heterocycles. The molecule has 1 rings (SSSR count). The van der Waals surface area contributed by atoms with Crippen LogP contribution in [0, 0.1) is 5.92 Å². The maximum absolute atomic E-state index is 5.53. The SMILES string of the molecule is CN1CCC(CNC/C=C/CCl)CC1. The summed E-state index contributed by atoms with van der Waals surface area (Å²) >= 11 is 5.53. The van der Waals surface area contributed by atoms with Gasteiger partial charge < -0.3 is 10.2 Å². The van der Waals surface area contributed by atoms with E-state index in [-0.39, 0.29) is 0 Å². The fraction of sp³-hybridized carbons (Fsp3) is 0.818. The standard InChI is InChI=1S/C11H21ClN2/c1-14-8-4-11(5-9-14)10-13-7-3-2-6-12/h2-3,11,13H,4-10H2,1H3/b3-2+. The number of halogens is 1. The van der Waals surface area contributed by atoms with Gasteiger partial charge in [0.2, 0.25) is 0 Å². The van der Waals surface area contributed by atoms with E-state index in [0.717, 1.165) is 19.0 Å². The lowest BCUT2D eigenvalue weighted by molar-refractivity contribution is 0.217. The molecule has 3 heteroatoms. The van der Waals surface area contributed by atoms with Crippen molar-refractivity contribution in [1.29, 1.82) is 0 Å². The first-order chi connectivity index (χ1) is 6.83. The van der Waals surface area contributed by atoms with Gasteiger partial charge in [-0.25, -0.2) is 0 Å². The highest BCUT2D eigenvalue weighted by atomic mass is 35.5. The summed E-state index contributed by atoms with van der Waals surface area (Å²) in [4.78, 5) is 2.41. The zero-order valence-electron chi connectivity index (χ0n) is 9.01. The van der Waals surface area contributed by atoms with E-state index in [1.54, 1.807) is 0 Å². The number of allylic oxidation sites excluding steroid dienone is 1. The van der Waals surface area contributed by atoms with Crippen molar-refractivity contribution in [2.24, 2.45) is 5.92 Å². The topological polar surface area (TPSA) is 15.3 Å². The van der Waals surface area contributed by atoms with Crippen LogP contribution < -0.4 is 5.32 Å². The van der Waals surface area contributed by atoms with E-state index in [1.165, 1.54) is 25.9 Å². The average Bonchev–Trinajstić information content (AvgIpc) is 2.21. The van der Waals surface area contributed by atoms with Crippen molar-refractivity contribution in [3.63, 3.8) is 0 Å². The van der Waals surface area contributed by atoms with E-state index in [0.29, 0.717) is 5.88 Å². The second-order valence-corrected chi connectivity index (χ2v) is 4.34. The third-order valence-electron chi connectivity index (χ3n) is 2.79. The molecule has 0 unspecified atom stereocenters. The van der Waals surface area contributed by atoms with Crippen molar-refractivity contribution in [1.82, 2.24) is 10.2 Å². The molecular formula is C11H21ClN2. The molecule has 0 aromatic rings. The molecule has 1 N–H and O–H groups in total. The number of nitrogens with one attached hydrogen (secondary N) is 1. The van der Waals surface area contributed by atoms with Crippen LogP contribution in [0.25, 0.3) is 0 Å². The summed E-state index contributed by atoms with van der Waals surface area (Å²) in [5.41, 5.74) is 0. The fourth-order valence-electron chi connectivity index (χ4n) is 1.78. The van der Waals surface area contributed by atoms with Gasteiger partial charge >= 0.3 is 0 Å². The van der Waals surface area contributed by atoms with Crippen LogP contribution in [-0.2, 0) is 0 Å². The van der Waals surface area contributed by atoms with Gasteiger partial charge in [-0.15, -0.1) is 11.6 Å². The second kappa shape index (κ2) is 7.27. The van der Waals surface area contributed by atoms with Gasteiger partial charge in [-0.3, -0.25) is 0 Å². The number of rotatable bonds is 5. The minimum atomic E-state index is 0.621. The number of likely N-dealkylation sites (tertiary alicyclic amines) is 1. The number of hydrogen-bond acceptors (Lipinski definition) is 2. The lowest BCUT2D eigenvalue weighted by Gasteiger charge is -2.28. The molecule has 0 amide bonds. The third kappa shape index (κ3) is 4.99. The summed E-state index contributed by atoms with van der Waals surface area (Å²) in [5.74, 6) is 1.49. The first-order valence-electron chi connectivity index (χ1n) is 5.43. The van der Waals surface area contributed by atoms with Crippen molar-refractivity contribution < 1.29 is 0 Å². The minimum Gasteiger partial charge on any atom is -0.313 e. The summed E-state index contributed by atoms with van der Waals surface area (Å²) in [7, 11) is 2.20. The van der Waals surface area contributed by atoms with E-state index in [4.69, 9.17) is 11.6 Å². The van der Waals surface area contributed by atoms with Crippen LogP contribution in [0.15, 0.2) is 12.2 Å². The van der Waals surface area contributed by atoms with Crippen molar-refractivity contribution in [3.8, 4) is 0 Å². The fourth-order valence-corrected chi connectivity index (χ4v) is 1.91. The van der Waals surface area contributed by atoms with Crippen LogP contribution in [0.4, 0.5) is 0 Å². The summed E-state index contributed by atoms with van der Waals surface area (Å²) in [6, 6.07) is 0. The monoisotopic (exact) mass is 216 g/mol. The molecule has 1 aliphatic heterocycles. The molecule has 1 fully saturated rings. The summed E-state index contributed by atoms with van der Waals surface area (Å²) in [5, 5.41) is 3.44. The molecule has 14 heavy (non-hydrogen) atoms. The van der Waals surface area contributed by atoms with Crippen LogP contribution in [0.5, 0.6) is 0 Å². The highest BCUT2D eigenvalue weighted by Gasteiger charge is 2.15. The molecule has 0 radical (unpaired) electrons. The van der Waals surface area contributed by atoms with Gasteiger partial charge in [-0.2, -0.15) is 0 Å². The maximum Gasteiger partial charge on any atom is 0.0404 e. The van der Waals surface area contributed by atoms with E-state index in [1.807, 2.05) is 6.08 Å².